The molecule has 1 amide bonds. The van der Waals surface area contributed by atoms with Gasteiger partial charge in [0.05, 0.1) is 21.3 Å². The minimum absolute atomic E-state index is 0.0817. The lowest BCUT2D eigenvalue weighted by Gasteiger charge is -2.12. The molecule has 2 N–H and O–H groups in total. The summed E-state index contributed by atoms with van der Waals surface area (Å²) in [4.78, 5) is 12.2. The first kappa shape index (κ1) is 17.4. The third kappa shape index (κ3) is 3.23. The van der Waals surface area contributed by atoms with Crippen LogP contribution in [0, 0.1) is 0 Å². The summed E-state index contributed by atoms with van der Waals surface area (Å²) in [6, 6.07) is 11.4. The number of halogens is 1. The SMILES string of the molecule is CN(C)S(=O)(=O)c1ccc2c(c1)/C(=N/Nc1ccccc1Cl)C(=O)N2. The van der Waals surface area contributed by atoms with E-state index >= 15 is 0 Å². The van der Waals surface area contributed by atoms with Gasteiger partial charge in [-0.05, 0) is 30.3 Å². The predicted octanol–water partition coefficient (Wildman–Crippen LogP) is 2.36. The number of nitrogens with zero attached hydrogens (tertiary/aromatic N) is 2. The topological polar surface area (TPSA) is 90.9 Å². The number of nitrogens with one attached hydrogen (secondary N) is 2. The number of fused-ring (bicyclic) bond motifs is 1. The fourth-order valence-electron chi connectivity index (χ4n) is 2.28. The molecule has 2 aromatic carbocycles. The zero-order chi connectivity index (χ0) is 18.2. The molecule has 0 saturated heterocycles. The number of benzene rings is 2. The van der Waals surface area contributed by atoms with Crippen LogP contribution in [0.3, 0.4) is 0 Å². The van der Waals surface area contributed by atoms with Gasteiger partial charge in [-0.25, -0.2) is 12.7 Å². The maximum atomic E-state index is 12.3. The van der Waals surface area contributed by atoms with E-state index in [-0.39, 0.29) is 10.6 Å². The largest absolute Gasteiger partial charge is 0.320 e. The molecule has 3 rings (SSSR count). The molecule has 0 unspecified atom stereocenters. The van der Waals surface area contributed by atoms with E-state index < -0.39 is 15.9 Å². The van der Waals surface area contributed by atoms with Gasteiger partial charge in [0.15, 0.2) is 5.71 Å². The summed E-state index contributed by atoms with van der Waals surface area (Å²) in [6.07, 6.45) is 0. The van der Waals surface area contributed by atoms with E-state index in [2.05, 4.69) is 15.8 Å². The number of hydrogen-bond acceptors (Lipinski definition) is 5. The van der Waals surface area contributed by atoms with E-state index in [1.807, 2.05) is 0 Å². The van der Waals surface area contributed by atoms with Crippen LogP contribution in [0.1, 0.15) is 5.56 Å². The van der Waals surface area contributed by atoms with E-state index in [0.717, 1.165) is 4.31 Å². The fraction of sp³-hybridized carbons (Fsp3) is 0.125. The molecule has 0 radical (unpaired) electrons. The van der Waals surface area contributed by atoms with Gasteiger partial charge in [0.1, 0.15) is 0 Å². The number of carbonyl (C=O) groups is 1. The number of rotatable bonds is 4. The van der Waals surface area contributed by atoms with Crippen LogP contribution in [0.15, 0.2) is 52.5 Å². The number of hydrogen-bond donors (Lipinski definition) is 2. The Hall–Kier alpha value is -2.42. The van der Waals surface area contributed by atoms with Crippen molar-refractivity contribution in [3.05, 3.63) is 53.1 Å². The molecule has 0 aliphatic carbocycles. The van der Waals surface area contributed by atoms with Gasteiger partial charge in [-0.3, -0.25) is 10.2 Å². The van der Waals surface area contributed by atoms with Crippen molar-refractivity contribution in [1.82, 2.24) is 4.31 Å². The van der Waals surface area contributed by atoms with Gasteiger partial charge in [0, 0.05) is 19.7 Å². The van der Waals surface area contributed by atoms with Crippen LogP contribution in [0.5, 0.6) is 0 Å². The molecule has 1 aliphatic rings. The first-order valence-electron chi connectivity index (χ1n) is 7.27. The molecular weight excluding hydrogens is 364 g/mol. The zero-order valence-electron chi connectivity index (χ0n) is 13.4. The average Bonchev–Trinajstić information content (AvgIpc) is 2.88. The van der Waals surface area contributed by atoms with Gasteiger partial charge >= 0.3 is 0 Å². The van der Waals surface area contributed by atoms with Crippen molar-refractivity contribution >= 4 is 44.6 Å². The molecule has 9 heteroatoms. The summed E-state index contributed by atoms with van der Waals surface area (Å²) < 4.78 is 25.7. The highest BCUT2D eigenvalue weighted by Gasteiger charge is 2.29. The van der Waals surface area contributed by atoms with Gasteiger partial charge in [-0.1, -0.05) is 23.7 Å². The van der Waals surface area contributed by atoms with Crippen LogP contribution in [0.2, 0.25) is 5.02 Å². The Bertz CT molecular complexity index is 987. The van der Waals surface area contributed by atoms with E-state index in [4.69, 9.17) is 11.6 Å². The molecule has 0 atom stereocenters. The average molecular weight is 379 g/mol. The van der Waals surface area contributed by atoms with E-state index in [9.17, 15) is 13.2 Å². The lowest BCUT2D eigenvalue weighted by Crippen LogP contribution is -2.22. The lowest BCUT2D eigenvalue weighted by atomic mass is 10.1. The summed E-state index contributed by atoms with van der Waals surface area (Å²) in [5.41, 5.74) is 4.28. The maximum Gasteiger partial charge on any atom is 0.276 e. The molecule has 0 fully saturated rings. The van der Waals surface area contributed by atoms with Crippen molar-refractivity contribution in [3.63, 3.8) is 0 Å². The quantitative estimate of drug-likeness (QED) is 0.799. The highest BCUT2D eigenvalue weighted by atomic mass is 35.5. The smallest absolute Gasteiger partial charge is 0.276 e. The Balaban J connectivity index is 2.01. The Morgan fingerprint density at radius 2 is 1.88 bits per heavy atom. The minimum atomic E-state index is -3.62. The van der Waals surface area contributed by atoms with Crippen LogP contribution in [0.4, 0.5) is 11.4 Å². The summed E-state index contributed by atoms with van der Waals surface area (Å²) >= 11 is 6.05. The molecular formula is C16H15ClN4O3S. The Morgan fingerprint density at radius 3 is 2.56 bits per heavy atom. The summed E-state index contributed by atoms with van der Waals surface area (Å²) in [5, 5.41) is 7.21. The van der Waals surface area contributed by atoms with Crippen molar-refractivity contribution < 1.29 is 13.2 Å². The van der Waals surface area contributed by atoms with E-state index in [1.54, 1.807) is 30.3 Å². The van der Waals surface area contributed by atoms with Crippen LogP contribution >= 0.6 is 11.6 Å². The van der Waals surface area contributed by atoms with Crippen LogP contribution < -0.4 is 10.7 Å². The highest BCUT2D eigenvalue weighted by Crippen LogP contribution is 2.28. The van der Waals surface area contributed by atoms with Gasteiger partial charge < -0.3 is 5.32 Å². The molecule has 0 aromatic heterocycles. The number of para-hydroxylation sites is 1. The Labute approximate surface area is 150 Å². The Morgan fingerprint density at radius 1 is 1.16 bits per heavy atom. The lowest BCUT2D eigenvalue weighted by molar-refractivity contribution is -0.110. The summed E-state index contributed by atoms with van der Waals surface area (Å²) in [7, 11) is -0.727. The van der Waals surface area contributed by atoms with Crippen molar-refractivity contribution in [1.29, 1.82) is 0 Å². The second kappa shape index (κ2) is 6.47. The third-order valence-electron chi connectivity index (χ3n) is 3.65. The predicted molar refractivity (Wildman–Crippen MR) is 97.6 cm³/mol. The molecule has 130 valence electrons. The van der Waals surface area contributed by atoms with Crippen LogP contribution in [-0.4, -0.2) is 38.4 Å². The number of sulfonamides is 1. The molecule has 1 heterocycles. The van der Waals surface area contributed by atoms with Crippen LogP contribution in [0.25, 0.3) is 0 Å². The van der Waals surface area contributed by atoms with Gasteiger partial charge in [-0.15, -0.1) is 0 Å². The molecule has 7 nitrogen and oxygen atoms in total. The molecule has 2 aromatic rings. The fourth-order valence-corrected chi connectivity index (χ4v) is 3.39. The second-order valence-corrected chi connectivity index (χ2v) is 8.06. The van der Waals surface area contributed by atoms with Gasteiger partial charge in [-0.2, -0.15) is 5.10 Å². The molecule has 25 heavy (non-hydrogen) atoms. The summed E-state index contributed by atoms with van der Waals surface area (Å²) in [6.45, 7) is 0. The molecule has 0 saturated carbocycles. The van der Waals surface area contributed by atoms with Gasteiger partial charge in [0.2, 0.25) is 10.0 Å². The number of carbonyl (C=O) groups excluding carboxylic acids is 1. The van der Waals surface area contributed by atoms with Crippen molar-refractivity contribution in [3.8, 4) is 0 Å². The second-order valence-electron chi connectivity index (χ2n) is 5.50. The minimum Gasteiger partial charge on any atom is -0.320 e. The normalized spacial score (nSPS) is 15.4. The number of amides is 1. The Kier molecular flexibility index (Phi) is 4.51. The van der Waals surface area contributed by atoms with Crippen molar-refractivity contribution in [2.75, 3.05) is 24.8 Å². The van der Waals surface area contributed by atoms with Gasteiger partial charge in [0.25, 0.3) is 5.91 Å². The zero-order valence-corrected chi connectivity index (χ0v) is 15.0. The van der Waals surface area contributed by atoms with E-state index in [1.165, 1.54) is 26.2 Å². The molecule has 0 bridgehead atoms. The third-order valence-corrected chi connectivity index (χ3v) is 5.79. The monoisotopic (exact) mass is 378 g/mol. The molecule has 0 spiro atoms. The molecule has 1 aliphatic heterocycles. The number of hydrazone groups is 1. The first-order valence-corrected chi connectivity index (χ1v) is 9.09. The van der Waals surface area contributed by atoms with Crippen molar-refractivity contribution in [2.45, 2.75) is 4.90 Å². The first-order chi connectivity index (χ1) is 11.8. The highest BCUT2D eigenvalue weighted by molar-refractivity contribution is 7.89. The van der Waals surface area contributed by atoms with Crippen molar-refractivity contribution in [2.24, 2.45) is 5.10 Å². The number of anilines is 2. The van der Waals surface area contributed by atoms with E-state index in [0.29, 0.717) is 22.0 Å². The standard InChI is InChI=1S/C16H15ClN4O3S/c1-21(2)25(23,24)10-7-8-13-11(9-10)15(16(22)18-13)20-19-14-6-4-3-5-12(14)17/h3-9,19H,1-2H3,(H,18,20,22). The maximum absolute atomic E-state index is 12.3. The van der Waals surface area contributed by atoms with Crippen LogP contribution in [-0.2, 0) is 14.8 Å². The summed E-state index contributed by atoms with van der Waals surface area (Å²) in [5.74, 6) is -0.422.